The Morgan fingerprint density at radius 1 is 1.35 bits per heavy atom. The largest absolute Gasteiger partial charge is 1.00 e. The maximum atomic E-state index is 12.8. The molecule has 132 valence electrons. The van der Waals surface area contributed by atoms with Gasteiger partial charge in [-0.2, -0.15) is 8.42 Å². The van der Waals surface area contributed by atoms with Crippen molar-refractivity contribution in [2.75, 3.05) is 11.4 Å². The summed E-state index contributed by atoms with van der Waals surface area (Å²) in [5, 5.41) is 3.83. The molecule has 0 fully saturated rings. The maximum absolute atomic E-state index is 12.8. The molecular formula is C15H13ClKN3O5S. The molecule has 1 aliphatic heterocycles. The van der Waals surface area contributed by atoms with Gasteiger partial charge < -0.3 is 14.0 Å². The number of oxime groups is 1. The van der Waals surface area contributed by atoms with Gasteiger partial charge in [-0.1, -0.05) is 16.8 Å². The first kappa shape index (κ1) is 21.6. The number of halogens is 1. The topological polar surface area (TPSA) is 104 Å². The number of aromatic nitrogens is 1. The number of rotatable bonds is 3. The van der Waals surface area contributed by atoms with Gasteiger partial charge in [-0.05, 0) is 30.3 Å². The average Bonchev–Trinajstić information content (AvgIpc) is 2.97. The van der Waals surface area contributed by atoms with Gasteiger partial charge in [0.25, 0.3) is 16.3 Å². The summed E-state index contributed by atoms with van der Waals surface area (Å²) in [6, 6.07) is 8.22. The fourth-order valence-electron chi connectivity index (χ4n) is 2.66. The molecule has 1 aliphatic rings. The molecule has 1 aromatic carbocycles. The van der Waals surface area contributed by atoms with Gasteiger partial charge >= 0.3 is 51.4 Å². The predicted molar refractivity (Wildman–Crippen MR) is 90.5 cm³/mol. The number of hydrogen-bond acceptors (Lipinski definition) is 6. The molecule has 0 saturated heterocycles. The fraction of sp³-hybridized carbons (Fsp3) is 0.200. The molecule has 0 N–H and O–H groups in total. The third kappa shape index (κ3) is 4.76. The van der Waals surface area contributed by atoms with Crippen LogP contribution in [0.1, 0.15) is 22.5 Å². The van der Waals surface area contributed by atoms with Crippen LogP contribution < -0.4 is 56.3 Å². The molecular weight excluding hydrogens is 409 g/mol. The molecule has 1 aromatic heterocycles. The fourth-order valence-corrected chi connectivity index (χ4v) is 3.01. The van der Waals surface area contributed by atoms with Crippen molar-refractivity contribution in [2.24, 2.45) is 12.2 Å². The number of amides is 1. The zero-order valence-corrected chi connectivity index (χ0v) is 18.7. The summed E-state index contributed by atoms with van der Waals surface area (Å²) in [5.74, 6) is -0.229. The Morgan fingerprint density at radius 2 is 2.08 bits per heavy atom. The number of anilines is 1. The summed E-state index contributed by atoms with van der Waals surface area (Å²) in [6.45, 7) is 0.235. The number of nitrogens with zero attached hydrogens (tertiary/aromatic N) is 3. The molecule has 11 heteroatoms. The number of carbonyl (C=O) groups excluding carboxylic acids is 1. The van der Waals surface area contributed by atoms with Crippen LogP contribution in [-0.2, 0) is 21.7 Å². The van der Waals surface area contributed by atoms with Crippen molar-refractivity contribution in [1.82, 2.24) is 4.57 Å². The van der Waals surface area contributed by atoms with Gasteiger partial charge in [0.15, 0.2) is 0 Å². The van der Waals surface area contributed by atoms with Gasteiger partial charge in [-0.3, -0.25) is 9.08 Å². The normalized spacial score (nSPS) is 15.3. The van der Waals surface area contributed by atoms with E-state index in [9.17, 15) is 17.8 Å². The summed E-state index contributed by atoms with van der Waals surface area (Å²) in [5.41, 5.74) is 1.68. The molecule has 0 atom stereocenters. The van der Waals surface area contributed by atoms with Crippen molar-refractivity contribution < 1.29 is 73.4 Å². The van der Waals surface area contributed by atoms with Crippen LogP contribution in [0.25, 0.3) is 0 Å². The molecule has 8 nitrogen and oxygen atoms in total. The Bertz CT molecular complexity index is 973. The second kappa shape index (κ2) is 8.53. The molecule has 0 spiro atoms. The van der Waals surface area contributed by atoms with Crippen LogP contribution in [0.15, 0.2) is 41.7 Å². The van der Waals surface area contributed by atoms with E-state index in [2.05, 4.69) is 9.44 Å². The van der Waals surface area contributed by atoms with Crippen molar-refractivity contribution in [3.8, 4) is 0 Å². The van der Waals surface area contributed by atoms with Crippen molar-refractivity contribution >= 4 is 39.3 Å². The molecule has 26 heavy (non-hydrogen) atoms. The van der Waals surface area contributed by atoms with Crippen molar-refractivity contribution in [2.45, 2.75) is 6.42 Å². The van der Waals surface area contributed by atoms with Crippen LogP contribution in [0.5, 0.6) is 0 Å². The summed E-state index contributed by atoms with van der Waals surface area (Å²) < 4.78 is 37.6. The summed E-state index contributed by atoms with van der Waals surface area (Å²) in [7, 11) is -3.19. The summed E-state index contributed by atoms with van der Waals surface area (Å²) >= 11 is 6.04. The van der Waals surface area contributed by atoms with Gasteiger partial charge in [0.1, 0.15) is 5.69 Å². The van der Waals surface area contributed by atoms with Crippen LogP contribution >= 0.6 is 11.6 Å². The van der Waals surface area contributed by atoms with E-state index in [1.54, 1.807) is 48.1 Å². The Labute approximate surface area is 198 Å². The molecule has 0 unspecified atom stereocenters. The minimum atomic E-state index is -4.95. The molecule has 2 heterocycles. The van der Waals surface area contributed by atoms with E-state index < -0.39 is 10.4 Å². The van der Waals surface area contributed by atoms with Crippen LogP contribution in [0.2, 0.25) is 5.02 Å². The smallest absolute Gasteiger partial charge is 0.714 e. The second-order valence-electron chi connectivity index (χ2n) is 5.39. The first-order valence-corrected chi connectivity index (χ1v) is 8.92. The minimum Gasteiger partial charge on any atom is -0.714 e. The predicted octanol–water partition coefficient (Wildman–Crippen LogP) is -1.09. The van der Waals surface area contributed by atoms with Crippen LogP contribution in [0, 0.1) is 0 Å². The molecule has 2 aromatic rings. The first-order valence-electron chi connectivity index (χ1n) is 7.21. The maximum Gasteiger partial charge on any atom is 1.00 e. The second-order valence-corrected chi connectivity index (χ2v) is 6.80. The van der Waals surface area contributed by atoms with E-state index in [0.717, 1.165) is 0 Å². The van der Waals surface area contributed by atoms with Gasteiger partial charge in [0.2, 0.25) is 0 Å². The van der Waals surface area contributed by atoms with E-state index in [0.29, 0.717) is 22.0 Å². The third-order valence-electron chi connectivity index (χ3n) is 3.78. The molecule has 0 radical (unpaired) electrons. The third-order valence-corrected chi connectivity index (χ3v) is 4.27. The molecule has 0 bridgehead atoms. The average molecular weight is 422 g/mol. The molecule has 0 saturated carbocycles. The van der Waals surface area contributed by atoms with Gasteiger partial charge in [-0.15, -0.1) is 0 Å². The molecule has 3 rings (SSSR count). The van der Waals surface area contributed by atoms with Crippen LogP contribution in [-0.4, -0.2) is 35.7 Å². The number of aryl methyl sites for hydroxylation is 1. The minimum absolute atomic E-state index is 0. The van der Waals surface area contributed by atoms with Gasteiger partial charge in [0.05, 0.1) is 11.4 Å². The van der Waals surface area contributed by atoms with Gasteiger partial charge in [0, 0.05) is 36.8 Å². The van der Waals surface area contributed by atoms with Crippen LogP contribution in [0.3, 0.4) is 0 Å². The van der Waals surface area contributed by atoms with Crippen molar-refractivity contribution in [3.05, 3.63) is 52.8 Å². The zero-order valence-electron chi connectivity index (χ0n) is 14.0. The number of hydrogen-bond donors (Lipinski definition) is 0. The van der Waals surface area contributed by atoms with E-state index in [1.165, 1.54) is 4.90 Å². The number of fused-ring (bicyclic) bond motifs is 1. The number of carbonyl (C=O) groups is 1. The first-order chi connectivity index (χ1) is 11.8. The zero-order chi connectivity index (χ0) is 18.2. The number of benzene rings is 1. The standard InChI is InChI=1S/C15H14ClN3O5S.K/c1-18-7-2-3-13(18)15(20)19-8-6-12(17-24-25(21,22)23)11-5-4-10(16)9-14(11)19;/h2-5,7,9H,6,8H2,1H3,(H,21,22,23);/q;+1/p-1/b17-12-;. The quantitative estimate of drug-likeness (QED) is 0.271. The Morgan fingerprint density at radius 3 is 2.69 bits per heavy atom. The summed E-state index contributed by atoms with van der Waals surface area (Å²) in [4.78, 5) is 14.4. The van der Waals surface area contributed by atoms with E-state index in [1.807, 2.05) is 0 Å². The van der Waals surface area contributed by atoms with E-state index in [4.69, 9.17) is 11.6 Å². The Balaban J connectivity index is 0.00000243. The Hall–Kier alpha value is -0.724. The SMILES string of the molecule is Cn1cccc1C(=O)N1CC/C(=N/OS(=O)(=O)[O-])c2ccc(Cl)cc21.[K+]. The van der Waals surface area contributed by atoms with E-state index >= 15 is 0 Å². The molecule has 0 aliphatic carbocycles. The van der Waals surface area contributed by atoms with Gasteiger partial charge in [-0.25, -0.2) is 0 Å². The van der Waals surface area contributed by atoms with Crippen molar-refractivity contribution in [3.63, 3.8) is 0 Å². The monoisotopic (exact) mass is 421 g/mol. The van der Waals surface area contributed by atoms with Crippen molar-refractivity contribution in [1.29, 1.82) is 0 Å². The van der Waals surface area contributed by atoms with E-state index in [-0.39, 0.29) is 76.0 Å². The molecule has 1 amide bonds. The van der Waals surface area contributed by atoms with Crippen LogP contribution in [0.4, 0.5) is 5.69 Å². The Kier molecular flexibility index (Phi) is 7.08. The summed E-state index contributed by atoms with van der Waals surface area (Å²) in [6.07, 6.45) is 1.98.